The zero-order valence-electron chi connectivity index (χ0n) is 11.6. The molecule has 1 fully saturated rings. The molecule has 4 heteroatoms. The van der Waals surface area contributed by atoms with Gasteiger partial charge in [-0.2, -0.15) is 0 Å². The largest absolute Gasteiger partial charge is 0.310 e. The smallest absolute Gasteiger partial charge is 0.147 e. The summed E-state index contributed by atoms with van der Waals surface area (Å²) in [5, 5.41) is 3.40. The highest BCUT2D eigenvalue weighted by Crippen LogP contribution is 2.22. The van der Waals surface area contributed by atoms with E-state index in [0.29, 0.717) is 11.7 Å². The number of halogens is 1. The van der Waals surface area contributed by atoms with Crippen molar-refractivity contribution in [2.24, 2.45) is 0 Å². The SMILES string of the molecule is Fc1cc(CNC2CC2)ccc1-n1cnc2ccccc21. The van der Waals surface area contributed by atoms with E-state index in [1.54, 1.807) is 17.0 Å². The van der Waals surface area contributed by atoms with Crippen LogP contribution in [0.3, 0.4) is 0 Å². The van der Waals surface area contributed by atoms with E-state index in [2.05, 4.69) is 10.3 Å². The Morgan fingerprint density at radius 2 is 2.05 bits per heavy atom. The van der Waals surface area contributed by atoms with Crippen LogP contribution >= 0.6 is 0 Å². The molecule has 3 nitrogen and oxygen atoms in total. The summed E-state index contributed by atoms with van der Waals surface area (Å²) in [6, 6.07) is 13.8. The zero-order valence-corrected chi connectivity index (χ0v) is 11.6. The number of imidazole rings is 1. The molecule has 21 heavy (non-hydrogen) atoms. The van der Waals surface area contributed by atoms with Gasteiger partial charge in [-0.1, -0.05) is 18.2 Å². The molecule has 1 aliphatic rings. The molecule has 0 saturated heterocycles. The Morgan fingerprint density at radius 3 is 2.86 bits per heavy atom. The molecule has 1 saturated carbocycles. The number of aromatic nitrogens is 2. The van der Waals surface area contributed by atoms with Crippen LogP contribution in [-0.4, -0.2) is 15.6 Å². The minimum absolute atomic E-state index is 0.215. The summed E-state index contributed by atoms with van der Waals surface area (Å²) >= 11 is 0. The van der Waals surface area contributed by atoms with E-state index in [1.807, 2.05) is 36.4 Å². The van der Waals surface area contributed by atoms with Crippen molar-refractivity contribution in [1.29, 1.82) is 0 Å². The fourth-order valence-electron chi connectivity index (χ4n) is 2.56. The molecule has 0 spiro atoms. The van der Waals surface area contributed by atoms with Crippen LogP contribution in [0.25, 0.3) is 16.7 Å². The molecule has 1 aromatic heterocycles. The first-order chi connectivity index (χ1) is 10.3. The van der Waals surface area contributed by atoms with Crippen molar-refractivity contribution < 1.29 is 4.39 Å². The van der Waals surface area contributed by atoms with Gasteiger partial charge in [0.1, 0.15) is 12.1 Å². The van der Waals surface area contributed by atoms with Gasteiger partial charge in [0.15, 0.2) is 0 Å². The van der Waals surface area contributed by atoms with Gasteiger partial charge in [-0.25, -0.2) is 9.37 Å². The highest BCUT2D eigenvalue weighted by atomic mass is 19.1. The summed E-state index contributed by atoms with van der Waals surface area (Å²) in [5.41, 5.74) is 3.31. The maximum absolute atomic E-state index is 14.4. The Hall–Kier alpha value is -2.20. The van der Waals surface area contributed by atoms with Gasteiger partial charge in [-0.3, -0.25) is 4.57 Å². The van der Waals surface area contributed by atoms with Gasteiger partial charge in [0.05, 0.1) is 16.7 Å². The van der Waals surface area contributed by atoms with Crippen molar-refractivity contribution in [1.82, 2.24) is 14.9 Å². The van der Waals surface area contributed by atoms with E-state index in [0.717, 1.165) is 23.1 Å². The van der Waals surface area contributed by atoms with Crippen molar-refractivity contribution in [3.8, 4) is 5.69 Å². The Kier molecular flexibility index (Phi) is 2.97. The fraction of sp³-hybridized carbons (Fsp3) is 0.235. The first kappa shape index (κ1) is 12.5. The molecule has 0 amide bonds. The Balaban J connectivity index is 1.67. The van der Waals surface area contributed by atoms with Crippen LogP contribution in [0, 0.1) is 5.82 Å². The second kappa shape index (κ2) is 4.97. The van der Waals surface area contributed by atoms with Crippen molar-refractivity contribution >= 4 is 11.0 Å². The number of fused-ring (bicyclic) bond motifs is 1. The third kappa shape index (κ3) is 2.43. The van der Waals surface area contributed by atoms with Gasteiger partial charge in [0.2, 0.25) is 0 Å². The van der Waals surface area contributed by atoms with Gasteiger partial charge in [0, 0.05) is 12.6 Å². The minimum Gasteiger partial charge on any atom is -0.310 e. The lowest BCUT2D eigenvalue weighted by molar-refractivity contribution is 0.612. The number of hydrogen-bond donors (Lipinski definition) is 1. The molecule has 106 valence electrons. The molecule has 1 aliphatic carbocycles. The summed E-state index contributed by atoms with van der Waals surface area (Å²) in [6.45, 7) is 0.729. The van der Waals surface area contributed by atoms with Gasteiger partial charge < -0.3 is 5.32 Å². The topological polar surface area (TPSA) is 29.9 Å². The Bertz CT molecular complexity index is 790. The molecule has 0 bridgehead atoms. The quantitative estimate of drug-likeness (QED) is 0.794. The van der Waals surface area contributed by atoms with E-state index in [1.165, 1.54) is 12.8 Å². The standard InChI is InChI=1S/C17H16FN3/c18-14-9-12(10-19-13-6-7-13)5-8-16(14)21-11-20-15-3-1-2-4-17(15)21/h1-5,8-9,11,13,19H,6-7,10H2. The highest BCUT2D eigenvalue weighted by Gasteiger charge is 2.20. The summed E-state index contributed by atoms with van der Waals surface area (Å²) in [7, 11) is 0. The lowest BCUT2D eigenvalue weighted by Gasteiger charge is -2.09. The second-order valence-corrected chi connectivity index (χ2v) is 5.54. The van der Waals surface area contributed by atoms with E-state index in [9.17, 15) is 4.39 Å². The Morgan fingerprint density at radius 1 is 1.19 bits per heavy atom. The van der Waals surface area contributed by atoms with Crippen LogP contribution in [0.2, 0.25) is 0 Å². The molecule has 0 unspecified atom stereocenters. The lowest BCUT2D eigenvalue weighted by atomic mass is 10.2. The molecule has 2 aromatic carbocycles. The first-order valence-corrected chi connectivity index (χ1v) is 7.25. The van der Waals surface area contributed by atoms with Crippen LogP contribution in [0.5, 0.6) is 0 Å². The summed E-state index contributed by atoms with van der Waals surface area (Å²) in [5.74, 6) is -0.215. The lowest BCUT2D eigenvalue weighted by Crippen LogP contribution is -2.15. The van der Waals surface area contributed by atoms with Crippen molar-refractivity contribution in [3.63, 3.8) is 0 Å². The molecule has 1 N–H and O–H groups in total. The molecule has 3 aromatic rings. The number of nitrogens with zero attached hydrogens (tertiary/aromatic N) is 2. The van der Waals surface area contributed by atoms with Crippen LogP contribution in [0.4, 0.5) is 4.39 Å². The van der Waals surface area contributed by atoms with Gasteiger partial charge >= 0.3 is 0 Å². The number of para-hydroxylation sites is 2. The molecule has 4 rings (SSSR count). The maximum atomic E-state index is 14.4. The monoisotopic (exact) mass is 281 g/mol. The molecule has 0 radical (unpaired) electrons. The molecule has 0 atom stereocenters. The first-order valence-electron chi connectivity index (χ1n) is 7.25. The summed E-state index contributed by atoms with van der Waals surface area (Å²) in [6.07, 6.45) is 4.15. The van der Waals surface area contributed by atoms with Crippen molar-refractivity contribution in [2.75, 3.05) is 0 Å². The molecular formula is C17H16FN3. The van der Waals surface area contributed by atoms with E-state index >= 15 is 0 Å². The van der Waals surface area contributed by atoms with Crippen LogP contribution in [0.15, 0.2) is 48.8 Å². The van der Waals surface area contributed by atoms with E-state index < -0.39 is 0 Å². The number of nitrogens with one attached hydrogen (secondary N) is 1. The number of rotatable bonds is 4. The average molecular weight is 281 g/mol. The van der Waals surface area contributed by atoms with Crippen molar-refractivity contribution in [3.05, 3.63) is 60.2 Å². The van der Waals surface area contributed by atoms with Gasteiger partial charge in [-0.05, 0) is 42.7 Å². The van der Waals surface area contributed by atoms with Crippen molar-refractivity contribution in [2.45, 2.75) is 25.4 Å². The predicted octanol–water partition coefficient (Wildman–Crippen LogP) is 3.42. The van der Waals surface area contributed by atoms with Crippen LogP contribution < -0.4 is 5.32 Å². The Labute approximate surface area is 122 Å². The number of hydrogen-bond acceptors (Lipinski definition) is 2. The minimum atomic E-state index is -0.215. The number of benzene rings is 2. The highest BCUT2D eigenvalue weighted by molar-refractivity contribution is 5.77. The summed E-state index contributed by atoms with van der Waals surface area (Å²) in [4.78, 5) is 4.31. The maximum Gasteiger partial charge on any atom is 0.147 e. The zero-order chi connectivity index (χ0) is 14.2. The van der Waals surface area contributed by atoms with Gasteiger partial charge in [-0.15, -0.1) is 0 Å². The van der Waals surface area contributed by atoms with Crippen LogP contribution in [-0.2, 0) is 6.54 Å². The third-order valence-electron chi connectivity index (χ3n) is 3.90. The molecule has 0 aliphatic heterocycles. The molecular weight excluding hydrogens is 265 g/mol. The predicted molar refractivity (Wildman–Crippen MR) is 80.9 cm³/mol. The fourth-order valence-corrected chi connectivity index (χ4v) is 2.56. The van der Waals surface area contributed by atoms with Crippen LogP contribution in [0.1, 0.15) is 18.4 Å². The summed E-state index contributed by atoms with van der Waals surface area (Å²) < 4.78 is 16.2. The van der Waals surface area contributed by atoms with Gasteiger partial charge in [0.25, 0.3) is 0 Å². The molecule has 1 heterocycles. The third-order valence-corrected chi connectivity index (χ3v) is 3.90. The second-order valence-electron chi connectivity index (χ2n) is 5.54. The normalized spacial score (nSPS) is 14.7. The average Bonchev–Trinajstić information content (AvgIpc) is 3.24. The van der Waals surface area contributed by atoms with E-state index in [4.69, 9.17) is 0 Å². The van der Waals surface area contributed by atoms with E-state index in [-0.39, 0.29) is 5.82 Å².